The number of amides is 1. The Hall–Kier alpha value is -0.510. The molecule has 0 bridgehead atoms. The van der Waals surface area contributed by atoms with Crippen LogP contribution < -0.4 is 5.32 Å². The maximum absolute atomic E-state index is 11.5. The van der Waals surface area contributed by atoms with E-state index in [1.807, 2.05) is 0 Å². The lowest BCUT2D eigenvalue weighted by molar-refractivity contribution is 0.0955. The van der Waals surface area contributed by atoms with Crippen LogP contribution in [0.3, 0.4) is 0 Å². The molecule has 0 radical (unpaired) electrons. The van der Waals surface area contributed by atoms with E-state index in [0.717, 1.165) is 5.69 Å². The van der Waals surface area contributed by atoms with Gasteiger partial charge in [-0.2, -0.15) is 0 Å². The van der Waals surface area contributed by atoms with E-state index >= 15 is 0 Å². The van der Waals surface area contributed by atoms with Gasteiger partial charge in [-0.1, -0.05) is 11.6 Å². The third kappa shape index (κ3) is 3.86. The molecule has 0 spiro atoms. The Morgan fingerprint density at radius 1 is 1.60 bits per heavy atom. The monoisotopic (exact) mass is 266 g/mol. The summed E-state index contributed by atoms with van der Waals surface area (Å²) in [5, 5.41) is 2.89. The number of carbonyl (C=O) groups excluding carboxylic acids is 1. The standard InChI is InChI=1S/C9H9Cl3N2O/c1-5-2-7(10)6(3-13-5)9(15)14-4-8(11)12/h2-3,8H,4H2,1H3,(H,14,15). The molecule has 1 N–H and O–H groups in total. The number of aryl methyl sites for hydroxylation is 1. The normalized spacial score (nSPS) is 10.5. The van der Waals surface area contributed by atoms with Gasteiger partial charge in [0.25, 0.3) is 5.91 Å². The number of alkyl halides is 2. The second kappa shape index (κ2) is 5.54. The zero-order chi connectivity index (χ0) is 11.4. The van der Waals surface area contributed by atoms with Gasteiger partial charge in [0.1, 0.15) is 4.84 Å². The second-order valence-corrected chi connectivity index (χ2v) is 4.59. The Labute approximate surface area is 103 Å². The van der Waals surface area contributed by atoms with Crippen molar-refractivity contribution in [3.8, 4) is 0 Å². The number of hydrogen-bond acceptors (Lipinski definition) is 2. The van der Waals surface area contributed by atoms with Crippen LogP contribution >= 0.6 is 34.8 Å². The molecule has 0 aliphatic rings. The fourth-order valence-corrected chi connectivity index (χ4v) is 1.41. The molecule has 82 valence electrons. The minimum absolute atomic E-state index is 0.173. The highest BCUT2D eigenvalue weighted by molar-refractivity contribution is 6.44. The average molecular weight is 268 g/mol. The summed E-state index contributed by atoms with van der Waals surface area (Å²) in [6.45, 7) is 1.97. The topological polar surface area (TPSA) is 42.0 Å². The van der Waals surface area contributed by atoms with Crippen molar-refractivity contribution in [3.63, 3.8) is 0 Å². The summed E-state index contributed by atoms with van der Waals surface area (Å²) >= 11 is 16.8. The zero-order valence-corrected chi connectivity index (χ0v) is 10.2. The van der Waals surface area contributed by atoms with Crippen molar-refractivity contribution >= 4 is 40.7 Å². The van der Waals surface area contributed by atoms with Crippen LogP contribution in [-0.4, -0.2) is 22.3 Å². The lowest BCUT2D eigenvalue weighted by atomic mass is 10.2. The molecular formula is C9H9Cl3N2O. The van der Waals surface area contributed by atoms with Crippen LogP contribution in [0.1, 0.15) is 16.1 Å². The van der Waals surface area contributed by atoms with Crippen LogP contribution in [0.5, 0.6) is 0 Å². The number of nitrogens with one attached hydrogen (secondary N) is 1. The predicted octanol–water partition coefficient (Wildman–Crippen LogP) is 2.58. The SMILES string of the molecule is Cc1cc(Cl)c(C(=O)NCC(Cl)Cl)cn1. The van der Waals surface area contributed by atoms with Gasteiger partial charge in [-0.25, -0.2) is 0 Å². The minimum Gasteiger partial charge on any atom is -0.349 e. The summed E-state index contributed by atoms with van der Waals surface area (Å²) in [4.78, 5) is 14.9. The smallest absolute Gasteiger partial charge is 0.254 e. The molecule has 0 unspecified atom stereocenters. The van der Waals surface area contributed by atoms with Gasteiger partial charge in [0, 0.05) is 18.4 Å². The molecule has 1 aromatic rings. The second-order valence-electron chi connectivity index (χ2n) is 2.91. The van der Waals surface area contributed by atoms with Gasteiger partial charge in [0.05, 0.1) is 10.6 Å². The van der Waals surface area contributed by atoms with Crippen LogP contribution in [0.25, 0.3) is 0 Å². The summed E-state index contributed by atoms with van der Waals surface area (Å²) in [7, 11) is 0. The predicted molar refractivity (Wildman–Crippen MR) is 61.8 cm³/mol. The first kappa shape index (κ1) is 12.6. The number of rotatable bonds is 3. The molecule has 1 amide bonds. The molecule has 0 fully saturated rings. The molecular weight excluding hydrogens is 258 g/mol. The third-order valence-corrected chi connectivity index (χ3v) is 2.27. The molecule has 0 saturated heterocycles. The maximum atomic E-state index is 11.5. The van der Waals surface area contributed by atoms with Gasteiger partial charge in [-0.15, -0.1) is 23.2 Å². The molecule has 1 aromatic heterocycles. The summed E-state index contributed by atoms with van der Waals surface area (Å²) < 4.78 is 0. The van der Waals surface area contributed by atoms with E-state index in [0.29, 0.717) is 10.6 Å². The lowest BCUT2D eigenvalue weighted by Crippen LogP contribution is -2.28. The van der Waals surface area contributed by atoms with E-state index in [9.17, 15) is 4.79 Å². The van der Waals surface area contributed by atoms with E-state index in [-0.39, 0.29) is 12.5 Å². The van der Waals surface area contributed by atoms with Crippen molar-refractivity contribution in [1.82, 2.24) is 10.3 Å². The highest BCUT2D eigenvalue weighted by atomic mass is 35.5. The molecule has 0 saturated carbocycles. The highest BCUT2D eigenvalue weighted by Crippen LogP contribution is 2.15. The Balaban J connectivity index is 2.74. The third-order valence-electron chi connectivity index (χ3n) is 1.65. The number of halogens is 3. The molecule has 15 heavy (non-hydrogen) atoms. The Morgan fingerprint density at radius 2 is 2.27 bits per heavy atom. The fourth-order valence-electron chi connectivity index (χ4n) is 0.959. The molecule has 1 rings (SSSR count). The summed E-state index contributed by atoms with van der Waals surface area (Å²) in [5.41, 5.74) is 1.07. The molecule has 1 heterocycles. The van der Waals surface area contributed by atoms with Crippen LogP contribution in [0.15, 0.2) is 12.3 Å². The van der Waals surface area contributed by atoms with Crippen molar-refractivity contribution in [2.45, 2.75) is 11.8 Å². The fraction of sp³-hybridized carbons (Fsp3) is 0.333. The summed E-state index contributed by atoms with van der Waals surface area (Å²) in [6.07, 6.45) is 1.42. The van der Waals surface area contributed by atoms with Gasteiger partial charge in [-0.05, 0) is 13.0 Å². The van der Waals surface area contributed by atoms with Crippen LogP contribution in [0.2, 0.25) is 5.02 Å². The number of carbonyl (C=O) groups is 1. The van der Waals surface area contributed by atoms with Crippen molar-refractivity contribution in [2.24, 2.45) is 0 Å². The molecule has 6 heteroatoms. The van der Waals surface area contributed by atoms with Gasteiger partial charge in [0.2, 0.25) is 0 Å². The lowest BCUT2D eigenvalue weighted by Gasteiger charge is -2.06. The van der Waals surface area contributed by atoms with Crippen LogP contribution in [-0.2, 0) is 0 Å². The first-order valence-corrected chi connectivity index (χ1v) is 5.44. The Bertz CT molecular complexity index is 368. The van der Waals surface area contributed by atoms with Gasteiger partial charge < -0.3 is 5.32 Å². The summed E-state index contributed by atoms with van der Waals surface area (Å²) in [5.74, 6) is -0.334. The molecule has 0 atom stereocenters. The van der Waals surface area contributed by atoms with E-state index in [1.54, 1.807) is 13.0 Å². The van der Waals surface area contributed by atoms with E-state index in [1.165, 1.54) is 6.20 Å². The largest absolute Gasteiger partial charge is 0.349 e. The van der Waals surface area contributed by atoms with E-state index in [4.69, 9.17) is 34.8 Å². The first-order valence-electron chi connectivity index (χ1n) is 4.19. The van der Waals surface area contributed by atoms with Crippen LogP contribution in [0, 0.1) is 6.92 Å². The van der Waals surface area contributed by atoms with Crippen LogP contribution in [0.4, 0.5) is 0 Å². The van der Waals surface area contributed by atoms with E-state index < -0.39 is 4.84 Å². The quantitative estimate of drug-likeness (QED) is 0.855. The highest BCUT2D eigenvalue weighted by Gasteiger charge is 2.11. The molecule has 0 aromatic carbocycles. The van der Waals surface area contributed by atoms with Crippen molar-refractivity contribution in [3.05, 3.63) is 28.5 Å². The summed E-state index contributed by atoms with van der Waals surface area (Å²) in [6, 6.07) is 1.62. The van der Waals surface area contributed by atoms with Crippen molar-refractivity contribution < 1.29 is 4.79 Å². The number of hydrogen-bond donors (Lipinski definition) is 1. The number of nitrogens with zero attached hydrogens (tertiary/aromatic N) is 1. The molecule has 0 aliphatic heterocycles. The minimum atomic E-state index is -0.633. The van der Waals surface area contributed by atoms with E-state index in [2.05, 4.69) is 10.3 Å². The van der Waals surface area contributed by atoms with Gasteiger partial charge in [0.15, 0.2) is 0 Å². The zero-order valence-electron chi connectivity index (χ0n) is 7.93. The maximum Gasteiger partial charge on any atom is 0.254 e. The van der Waals surface area contributed by atoms with Crippen molar-refractivity contribution in [2.75, 3.05) is 6.54 Å². The van der Waals surface area contributed by atoms with Gasteiger partial charge in [-0.3, -0.25) is 9.78 Å². The van der Waals surface area contributed by atoms with Gasteiger partial charge >= 0.3 is 0 Å². The number of aromatic nitrogens is 1. The average Bonchev–Trinajstić information content (AvgIpc) is 2.14. The molecule has 0 aliphatic carbocycles. The Morgan fingerprint density at radius 3 is 2.80 bits per heavy atom. The van der Waals surface area contributed by atoms with Crippen molar-refractivity contribution in [1.29, 1.82) is 0 Å². The first-order chi connectivity index (χ1) is 7.00. The molecule has 3 nitrogen and oxygen atoms in total. The number of pyridine rings is 1. The Kier molecular flexibility index (Phi) is 4.64.